The van der Waals surface area contributed by atoms with Crippen molar-refractivity contribution in [3.05, 3.63) is 28.2 Å². The smallest absolute Gasteiger partial charge is 0.133 e. The summed E-state index contributed by atoms with van der Waals surface area (Å²) in [7, 11) is 1.70. The summed E-state index contributed by atoms with van der Waals surface area (Å²) in [5.41, 5.74) is 1.30. The van der Waals surface area contributed by atoms with Crippen molar-refractivity contribution in [3.63, 3.8) is 0 Å². The third kappa shape index (κ3) is 4.40. The van der Waals surface area contributed by atoms with Crippen molar-refractivity contribution >= 4 is 27.7 Å². The second-order valence-electron chi connectivity index (χ2n) is 4.94. The van der Waals surface area contributed by atoms with E-state index in [1.54, 1.807) is 7.11 Å². The second kappa shape index (κ2) is 7.55. The molecular formula is C15H22BrNOS. The molecule has 1 saturated carbocycles. The number of nitrogens with one attached hydrogen (secondary N) is 1. The molecule has 19 heavy (non-hydrogen) atoms. The maximum absolute atomic E-state index is 5.25. The highest BCUT2D eigenvalue weighted by atomic mass is 79.9. The maximum Gasteiger partial charge on any atom is 0.133 e. The van der Waals surface area contributed by atoms with Crippen LogP contribution >= 0.6 is 27.7 Å². The number of methoxy groups -OCH3 is 1. The molecule has 106 valence electrons. The van der Waals surface area contributed by atoms with E-state index in [-0.39, 0.29) is 0 Å². The zero-order valence-electron chi connectivity index (χ0n) is 11.6. The van der Waals surface area contributed by atoms with Crippen LogP contribution in [-0.2, 0) is 6.54 Å². The first-order valence-corrected chi connectivity index (χ1v) is 8.74. The number of hydrogen-bond acceptors (Lipinski definition) is 3. The summed E-state index contributed by atoms with van der Waals surface area (Å²) in [6.45, 7) is 3.19. The number of halogens is 1. The van der Waals surface area contributed by atoms with Crippen molar-refractivity contribution in [1.82, 2.24) is 5.32 Å². The molecule has 1 fully saturated rings. The van der Waals surface area contributed by atoms with Gasteiger partial charge in [-0.2, -0.15) is 11.8 Å². The topological polar surface area (TPSA) is 21.3 Å². The molecular weight excluding hydrogens is 322 g/mol. The fraction of sp³-hybridized carbons (Fsp3) is 0.600. The average Bonchev–Trinajstić information content (AvgIpc) is 2.85. The average molecular weight is 344 g/mol. The van der Waals surface area contributed by atoms with E-state index in [1.165, 1.54) is 30.6 Å². The lowest BCUT2D eigenvalue weighted by Gasteiger charge is -2.14. The molecule has 0 amide bonds. The normalized spacial score (nSPS) is 22.7. The minimum absolute atomic E-state index is 0.685. The number of hydrogen-bond donors (Lipinski definition) is 1. The molecule has 0 spiro atoms. The van der Waals surface area contributed by atoms with Crippen molar-refractivity contribution in [1.29, 1.82) is 0 Å². The Balaban J connectivity index is 1.81. The molecule has 2 atom stereocenters. The number of benzene rings is 1. The fourth-order valence-electron chi connectivity index (χ4n) is 2.59. The van der Waals surface area contributed by atoms with Crippen molar-refractivity contribution in [2.45, 2.75) is 44.0 Å². The van der Waals surface area contributed by atoms with Gasteiger partial charge < -0.3 is 10.1 Å². The Morgan fingerprint density at radius 2 is 2.26 bits per heavy atom. The van der Waals surface area contributed by atoms with E-state index in [1.807, 2.05) is 6.07 Å². The molecule has 1 aliphatic rings. The van der Waals surface area contributed by atoms with Gasteiger partial charge in [-0.05, 0) is 58.6 Å². The lowest BCUT2D eigenvalue weighted by molar-refractivity contribution is 0.412. The van der Waals surface area contributed by atoms with E-state index in [4.69, 9.17) is 4.74 Å². The second-order valence-corrected chi connectivity index (χ2v) is 7.37. The van der Waals surface area contributed by atoms with Crippen LogP contribution in [0.4, 0.5) is 0 Å². The minimum Gasteiger partial charge on any atom is -0.496 e. The van der Waals surface area contributed by atoms with E-state index in [2.05, 4.69) is 52.1 Å². The summed E-state index contributed by atoms with van der Waals surface area (Å²) in [4.78, 5) is 0. The molecule has 0 radical (unpaired) electrons. The largest absolute Gasteiger partial charge is 0.496 e. The van der Waals surface area contributed by atoms with Crippen molar-refractivity contribution < 1.29 is 4.74 Å². The van der Waals surface area contributed by atoms with Crippen LogP contribution in [0.2, 0.25) is 0 Å². The first kappa shape index (κ1) is 15.2. The van der Waals surface area contributed by atoms with Crippen LogP contribution in [0.5, 0.6) is 5.75 Å². The maximum atomic E-state index is 5.25. The third-order valence-electron chi connectivity index (χ3n) is 3.60. The zero-order valence-corrected chi connectivity index (χ0v) is 14.0. The van der Waals surface area contributed by atoms with Crippen LogP contribution < -0.4 is 10.1 Å². The Morgan fingerprint density at radius 3 is 2.95 bits per heavy atom. The molecule has 1 aromatic rings. The van der Waals surface area contributed by atoms with Crippen molar-refractivity contribution in [2.75, 3.05) is 12.9 Å². The first-order valence-electron chi connectivity index (χ1n) is 6.90. The van der Waals surface area contributed by atoms with E-state index in [9.17, 15) is 0 Å². The molecule has 0 heterocycles. The standard InChI is InChI=1S/C15H22BrNOS/c1-3-19-13-6-5-12(9-13)17-10-11-4-7-15(18-2)14(16)8-11/h4,7-8,12-13,17H,3,5-6,9-10H2,1-2H3. The summed E-state index contributed by atoms with van der Waals surface area (Å²) >= 11 is 5.64. The predicted octanol–water partition coefficient (Wildman–Crippen LogP) is 4.22. The molecule has 0 bridgehead atoms. The molecule has 4 heteroatoms. The SMILES string of the molecule is CCSC1CCC(NCc2ccc(OC)c(Br)c2)C1. The van der Waals surface area contributed by atoms with Crippen molar-refractivity contribution in [3.8, 4) is 5.75 Å². The highest BCUT2D eigenvalue weighted by Gasteiger charge is 2.23. The summed E-state index contributed by atoms with van der Waals surface area (Å²) < 4.78 is 6.28. The molecule has 2 rings (SSSR count). The summed E-state index contributed by atoms with van der Waals surface area (Å²) in [5.74, 6) is 2.13. The number of thioether (sulfide) groups is 1. The van der Waals surface area contributed by atoms with Gasteiger partial charge in [-0.3, -0.25) is 0 Å². The Bertz CT molecular complexity index is 413. The van der Waals surface area contributed by atoms with Gasteiger partial charge in [0.2, 0.25) is 0 Å². The van der Waals surface area contributed by atoms with Gasteiger partial charge in [0.1, 0.15) is 5.75 Å². The van der Waals surface area contributed by atoms with Crippen LogP contribution in [0.25, 0.3) is 0 Å². The van der Waals surface area contributed by atoms with Crippen LogP contribution in [0.1, 0.15) is 31.7 Å². The Labute approximate surface area is 128 Å². The molecule has 0 saturated heterocycles. The predicted molar refractivity (Wildman–Crippen MR) is 87.1 cm³/mol. The van der Waals surface area contributed by atoms with Gasteiger partial charge in [-0.25, -0.2) is 0 Å². The molecule has 2 unspecified atom stereocenters. The highest BCUT2D eigenvalue weighted by molar-refractivity contribution is 9.10. The Hall–Kier alpha value is -0.190. The highest BCUT2D eigenvalue weighted by Crippen LogP contribution is 2.30. The summed E-state index contributed by atoms with van der Waals surface area (Å²) in [5, 5.41) is 4.54. The van der Waals surface area contributed by atoms with Crippen molar-refractivity contribution in [2.24, 2.45) is 0 Å². The zero-order chi connectivity index (χ0) is 13.7. The third-order valence-corrected chi connectivity index (χ3v) is 5.45. The van der Waals surface area contributed by atoms with Crippen LogP contribution in [0.3, 0.4) is 0 Å². The quantitative estimate of drug-likeness (QED) is 0.835. The van der Waals surface area contributed by atoms with Gasteiger partial charge in [0.15, 0.2) is 0 Å². The van der Waals surface area contributed by atoms with E-state index in [0.717, 1.165) is 22.0 Å². The molecule has 0 aliphatic heterocycles. The first-order chi connectivity index (χ1) is 9.22. The van der Waals surface area contributed by atoms with Gasteiger partial charge in [-0.1, -0.05) is 13.0 Å². The summed E-state index contributed by atoms with van der Waals surface area (Å²) in [6.07, 6.45) is 3.99. The fourth-order valence-corrected chi connectivity index (χ4v) is 4.33. The van der Waals surface area contributed by atoms with Crippen LogP contribution in [-0.4, -0.2) is 24.2 Å². The monoisotopic (exact) mass is 343 g/mol. The molecule has 0 aromatic heterocycles. The Morgan fingerprint density at radius 1 is 1.42 bits per heavy atom. The number of ether oxygens (including phenoxy) is 1. The van der Waals surface area contributed by atoms with Gasteiger partial charge >= 0.3 is 0 Å². The molecule has 1 aromatic carbocycles. The van der Waals surface area contributed by atoms with Crippen LogP contribution in [0.15, 0.2) is 22.7 Å². The van der Waals surface area contributed by atoms with E-state index < -0.39 is 0 Å². The molecule has 2 nitrogen and oxygen atoms in total. The molecule has 1 N–H and O–H groups in total. The molecule has 1 aliphatic carbocycles. The lowest BCUT2D eigenvalue weighted by Crippen LogP contribution is -2.26. The van der Waals surface area contributed by atoms with Gasteiger partial charge in [0.05, 0.1) is 11.6 Å². The van der Waals surface area contributed by atoms with Gasteiger partial charge in [0.25, 0.3) is 0 Å². The Kier molecular flexibility index (Phi) is 6.05. The van der Waals surface area contributed by atoms with Crippen LogP contribution in [0, 0.1) is 0 Å². The van der Waals surface area contributed by atoms with Gasteiger partial charge in [-0.15, -0.1) is 0 Å². The van der Waals surface area contributed by atoms with Gasteiger partial charge in [0, 0.05) is 17.8 Å². The lowest BCUT2D eigenvalue weighted by atomic mass is 10.2. The summed E-state index contributed by atoms with van der Waals surface area (Å²) in [6, 6.07) is 6.97. The number of rotatable bonds is 6. The van der Waals surface area contributed by atoms with E-state index in [0.29, 0.717) is 6.04 Å². The minimum atomic E-state index is 0.685. The van der Waals surface area contributed by atoms with E-state index >= 15 is 0 Å².